The highest BCUT2D eigenvalue weighted by molar-refractivity contribution is 6.53. The van der Waals surface area contributed by atoms with Crippen LogP contribution in [-0.2, 0) is 4.79 Å². The molecule has 1 fully saturated rings. The van der Waals surface area contributed by atoms with Crippen molar-refractivity contribution in [2.24, 2.45) is 5.92 Å². The lowest BCUT2D eigenvalue weighted by molar-refractivity contribution is -0.117. The van der Waals surface area contributed by atoms with E-state index in [1.54, 1.807) is 49.5 Å². The molecule has 3 aromatic carbocycles. The van der Waals surface area contributed by atoms with Crippen LogP contribution in [0.2, 0.25) is 15.1 Å². The van der Waals surface area contributed by atoms with E-state index >= 15 is 0 Å². The van der Waals surface area contributed by atoms with E-state index in [-0.39, 0.29) is 16.1 Å². The van der Waals surface area contributed by atoms with Crippen LogP contribution in [0, 0.1) is 17.2 Å². The van der Waals surface area contributed by atoms with Crippen molar-refractivity contribution in [3.63, 3.8) is 0 Å². The smallest absolute Gasteiger partial charge is 0.257 e. The van der Waals surface area contributed by atoms with Crippen LogP contribution in [0.5, 0.6) is 0 Å². The minimum atomic E-state index is -1.35. The Bertz CT molecular complexity index is 1400. The van der Waals surface area contributed by atoms with Gasteiger partial charge >= 0.3 is 0 Å². The highest BCUT2D eigenvalue weighted by atomic mass is 35.5. The van der Waals surface area contributed by atoms with Crippen LogP contribution in [0.25, 0.3) is 0 Å². The zero-order valence-electron chi connectivity index (χ0n) is 18.5. The summed E-state index contributed by atoms with van der Waals surface area (Å²) in [5.74, 6) is -2.28. The van der Waals surface area contributed by atoms with Crippen molar-refractivity contribution in [3.05, 3.63) is 86.4 Å². The van der Waals surface area contributed by atoms with E-state index in [9.17, 15) is 14.9 Å². The number of nitriles is 1. The Balaban J connectivity index is 1.52. The van der Waals surface area contributed by atoms with Crippen molar-refractivity contribution in [2.75, 3.05) is 23.0 Å². The number of carbonyl (C=O) groups is 2. The second-order valence-electron chi connectivity index (χ2n) is 8.09. The van der Waals surface area contributed by atoms with Crippen LogP contribution < -0.4 is 16.0 Å². The lowest BCUT2D eigenvalue weighted by Gasteiger charge is -2.12. The van der Waals surface area contributed by atoms with Crippen molar-refractivity contribution < 1.29 is 9.59 Å². The van der Waals surface area contributed by atoms with Gasteiger partial charge in [0.2, 0.25) is 5.91 Å². The molecule has 184 valence electrons. The fourth-order valence-corrected chi connectivity index (χ4v) is 5.48. The molecule has 4 rings (SSSR count). The molecule has 0 radical (unpaired) electrons. The maximum Gasteiger partial charge on any atom is 0.257 e. The van der Waals surface area contributed by atoms with Gasteiger partial charge in [0.15, 0.2) is 0 Å². The molecule has 2 amide bonds. The Hall–Kier alpha value is -2.66. The SMILES string of the molecule is CNc1ccc(NC(=O)c2cc(NC(=O)[C@@H]3[C@@H](c4cc(Cl)cc(Cl)c4)C3(Cl)Cl)ccc2Cl)c(C#N)c1. The number of carbonyl (C=O) groups excluding carboxylic acids is 2. The Morgan fingerprint density at radius 2 is 1.58 bits per heavy atom. The summed E-state index contributed by atoms with van der Waals surface area (Å²) in [5.41, 5.74) is 2.39. The lowest BCUT2D eigenvalue weighted by Crippen LogP contribution is -2.18. The van der Waals surface area contributed by atoms with Gasteiger partial charge in [-0.1, -0.05) is 34.8 Å². The standard InChI is InChI=1S/C25H17Cl5N4O2/c1-32-16-3-5-20(13(8-16)11-31)34-23(35)18-10-17(2-4-19(18)28)33-24(36)22-21(25(22,29)30)12-6-14(26)9-15(27)7-12/h2-10,21-22,32H,1H3,(H,33,36)(H,34,35)/t21-,22+/m1/s1. The van der Waals surface area contributed by atoms with Gasteiger partial charge in [-0.05, 0) is 60.2 Å². The van der Waals surface area contributed by atoms with Crippen LogP contribution in [0.15, 0.2) is 54.6 Å². The van der Waals surface area contributed by atoms with Gasteiger partial charge in [0.05, 0.1) is 27.8 Å². The van der Waals surface area contributed by atoms with Crippen LogP contribution in [0.4, 0.5) is 17.1 Å². The fourth-order valence-electron chi connectivity index (χ4n) is 3.91. The molecule has 1 aliphatic carbocycles. The van der Waals surface area contributed by atoms with Crippen LogP contribution in [-0.4, -0.2) is 23.2 Å². The summed E-state index contributed by atoms with van der Waals surface area (Å²) in [6.07, 6.45) is 0. The Morgan fingerprint density at radius 3 is 2.22 bits per heavy atom. The van der Waals surface area contributed by atoms with Crippen LogP contribution in [0.3, 0.4) is 0 Å². The second kappa shape index (κ2) is 10.4. The van der Waals surface area contributed by atoms with E-state index < -0.39 is 28.0 Å². The molecule has 0 spiro atoms. The minimum Gasteiger partial charge on any atom is -0.388 e. The van der Waals surface area contributed by atoms with Gasteiger partial charge in [0.1, 0.15) is 10.4 Å². The molecule has 2 atom stereocenters. The van der Waals surface area contributed by atoms with Crippen molar-refractivity contribution in [1.82, 2.24) is 0 Å². The molecule has 3 aromatic rings. The van der Waals surface area contributed by atoms with E-state index in [1.165, 1.54) is 12.1 Å². The van der Waals surface area contributed by atoms with Crippen molar-refractivity contribution in [1.29, 1.82) is 5.26 Å². The monoisotopic (exact) mass is 580 g/mol. The molecule has 11 heteroatoms. The summed E-state index contributed by atoms with van der Waals surface area (Å²) in [6, 6.07) is 16.3. The largest absolute Gasteiger partial charge is 0.388 e. The van der Waals surface area contributed by atoms with E-state index in [4.69, 9.17) is 58.0 Å². The Labute approximate surface area is 232 Å². The maximum absolute atomic E-state index is 13.0. The quantitative estimate of drug-likeness (QED) is 0.265. The first-order valence-corrected chi connectivity index (χ1v) is 12.4. The number of benzene rings is 3. The van der Waals surface area contributed by atoms with Gasteiger partial charge in [0.25, 0.3) is 5.91 Å². The summed E-state index contributed by atoms with van der Waals surface area (Å²) < 4.78 is -1.35. The summed E-state index contributed by atoms with van der Waals surface area (Å²) in [4.78, 5) is 26.0. The minimum absolute atomic E-state index is 0.105. The summed E-state index contributed by atoms with van der Waals surface area (Å²) >= 11 is 31.3. The summed E-state index contributed by atoms with van der Waals surface area (Å²) in [5, 5.41) is 18.7. The van der Waals surface area contributed by atoms with E-state index in [0.717, 1.165) is 5.69 Å². The molecular formula is C25H17Cl5N4O2. The number of anilines is 3. The number of nitrogens with one attached hydrogen (secondary N) is 3. The molecule has 0 unspecified atom stereocenters. The molecule has 1 aliphatic rings. The number of hydrogen-bond donors (Lipinski definition) is 3. The topological polar surface area (TPSA) is 94.0 Å². The molecule has 3 N–H and O–H groups in total. The molecule has 0 saturated heterocycles. The number of rotatable bonds is 6. The molecule has 0 bridgehead atoms. The predicted molar refractivity (Wildman–Crippen MR) is 146 cm³/mol. The molecule has 1 saturated carbocycles. The number of nitrogens with zero attached hydrogens (tertiary/aromatic N) is 1. The normalized spacial score (nSPS) is 17.6. The first kappa shape index (κ1) is 26.4. The summed E-state index contributed by atoms with van der Waals surface area (Å²) in [7, 11) is 1.72. The second-order valence-corrected chi connectivity index (χ2v) is 10.8. The maximum atomic E-state index is 13.0. The predicted octanol–water partition coefficient (Wildman–Crippen LogP) is 7.34. The molecule has 36 heavy (non-hydrogen) atoms. The molecule has 0 aromatic heterocycles. The Morgan fingerprint density at radius 1 is 0.917 bits per heavy atom. The van der Waals surface area contributed by atoms with Gasteiger partial charge < -0.3 is 16.0 Å². The number of amides is 2. The number of halogens is 5. The third-order valence-electron chi connectivity index (χ3n) is 5.74. The van der Waals surface area contributed by atoms with Crippen molar-refractivity contribution in [2.45, 2.75) is 10.3 Å². The van der Waals surface area contributed by atoms with Crippen LogP contribution >= 0.6 is 58.0 Å². The number of hydrogen-bond acceptors (Lipinski definition) is 4. The van der Waals surface area contributed by atoms with Gasteiger partial charge in [0, 0.05) is 34.4 Å². The first-order chi connectivity index (χ1) is 17.0. The number of alkyl halides is 2. The van der Waals surface area contributed by atoms with Gasteiger partial charge in [-0.2, -0.15) is 5.26 Å². The lowest BCUT2D eigenvalue weighted by atomic mass is 10.1. The van der Waals surface area contributed by atoms with Crippen LogP contribution in [0.1, 0.15) is 27.4 Å². The van der Waals surface area contributed by atoms with Crippen molar-refractivity contribution >= 4 is 86.9 Å². The third-order valence-corrected chi connectivity index (χ3v) is 7.44. The molecule has 0 heterocycles. The van der Waals surface area contributed by atoms with Gasteiger partial charge in [-0.15, -0.1) is 23.2 Å². The third kappa shape index (κ3) is 5.36. The highest BCUT2D eigenvalue weighted by Gasteiger charge is 2.67. The van der Waals surface area contributed by atoms with Gasteiger partial charge in [-0.3, -0.25) is 9.59 Å². The molecular weight excluding hydrogens is 566 g/mol. The average molecular weight is 583 g/mol. The van der Waals surface area contributed by atoms with Gasteiger partial charge in [-0.25, -0.2) is 0 Å². The molecule has 0 aliphatic heterocycles. The highest BCUT2D eigenvalue weighted by Crippen LogP contribution is 2.65. The van der Waals surface area contributed by atoms with E-state index in [0.29, 0.717) is 27.0 Å². The van der Waals surface area contributed by atoms with E-state index in [2.05, 4.69) is 16.0 Å². The first-order valence-electron chi connectivity index (χ1n) is 10.5. The Kier molecular flexibility index (Phi) is 7.61. The van der Waals surface area contributed by atoms with Crippen molar-refractivity contribution in [3.8, 4) is 6.07 Å². The fraction of sp³-hybridized carbons (Fsp3) is 0.160. The zero-order chi connectivity index (χ0) is 26.2. The van der Waals surface area contributed by atoms with E-state index in [1.807, 2.05) is 6.07 Å². The summed E-state index contributed by atoms with van der Waals surface area (Å²) in [6.45, 7) is 0. The average Bonchev–Trinajstić information content (AvgIpc) is 3.41. The molecule has 6 nitrogen and oxygen atoms in total. The zero-order valence-corrected chi connectivity index (χ0v) is 22.3.